The van der Waals surface area contributed by atoms with E-state index in [9.17, 15) is 14.7 Å². The number of aromatic amines is 1. The minimum Gasteiger partial charge on any atom is -0.508 e. The third-order valence-corrected chi connectivity index (χ3v) is 5.66. The van der Waals surface area contributed by atoms with Gasteiger partial charge in [0.2, 0.25) is 0 Å². The smallest absolute Gasteiger partial charge is 0.330 e. The fraction of sp³-hybridized carbons (Fsp3) is 0.111. The predicted octanol–water partition coefficient (Wildman–Crippen LogP) is 5.36. The Balaban J connectivity index is 1.64. The van der Waals surface area contributed by atoms with Crippen molar-refractivity contribution < 1.29 is 9.90 Å². The number of phenols is 1. The summed E-state index contributed by atoms with van der Waals surface area (Å²) in [7, 11) is 0. The highest BCUT2D eigenvalue weighted by Crippen LogP contribution is 2.24. The Morgan fingerprint density at radius 3 is 2.41 bits per heavy atom. The van der Waals surface area contributed by atoms with Crippen molar-refractivity contribution in [3.63, 3.8) is 0 Å². The maximum atomic E-state index is 12.7. The molecule has 1 heterocycles. The highest BCUT2D eigenvalue weighted by atomic mass is 16.3. The van der Waals surface area contributed by atoms with Crippen LogP contribution in [0.3, 0.4) is 0 Å². The molecule has 5 heteroatoms. The number of H-pyrrole nitrogens is 1. The summed E-state index contributed by atoms with van der Waals surface area (Å²) in [5.74, 6) is -0.0491. The Hall–Kier alpha value is -4.12. The number of rotatable bonds is 5. The number of nitrogens with one attached hydrogen (secondary N) is 1. The average molecular weight is 425 g/mol. The van der Waals surface area contributed by atoms with Gasteiger partial charge in [0, 0.05) is 17.3 Å². The Morgan fingerprint density at radius 1 is 0.969 bits per heavy atom. The van der Waals surface area contributed by atoms with Crippen LogP contribution in [0.5, 0.6) is 5.75 Å². The third-order valence-electron chi connectivity index (χ3n) is 5.66. The van der Waals surface area contributed by atoms with Gasteiger partial charge in [0.15, 0.2) is 5.78 Å². The quantitative estimate of drug-likeness (QED) is 0.335. The van der Waals surface area contributed by atoms with Crippen LogP contribution in [0.25, 0.3) is 23.0 Å². The number of aryl methyl sites for hydroxylation is 2. The van der Waals surface area contributed by atoms with Gasteiger partial charge in [-0.2, -0.15) is 0 Å². The number of hydrogen-bond acceptors (Lipinski definition) is 3. The standard InChI is InChI=1S/C27H24N2O3/c1-17-12-22(13-18(2)19(17)3)25-16-29(27(32)28-25)23-8-5-7-21(15-23)26(31)11-10-20-6-4-9-24(30)14-20/h4-16,30H,1-3H3,(H,28,32)/b11-10+. The van der Waals surface area contributed by atoms with Gasteiger partial charge in [-0.25, -0.2) is 4.79 Å². The number of carbonyl (C=O) groups excluding carboxylic acids is 1. The molecule has 0 radical (unpaired) electrons. The van der Waals surface area contributed by atoms with Crippen molar-refractivity contribution >= 4 is 11.9 Å². The molecule has 5 nitrogen and oxygen atoms in total. The molecule has 0 aliphatic heterocycles. The number of benzene rings is 3. The van der Waals surface area contributed by atoms with E-state index in [-0.39, 0.29) is 17.2 Å². The molecular formula is C27H24N2O3. The fourth-order valence-corrected chi connectivity index (χ4v) is 3.63. The van der Waals surface area contributed by atoms with E-state index in [1.807, 2.05) is 0 Å². The first-order valence-electron chi connectivity index (χ1n) is 10.3. The van der Waals surface area contributed by atoms with Crippen LogP contribution in [0, 0.1) is 20.8 Å². The Labute approximate surface area is 186 Å². The number of nitrogens with zero attached hydrogens (tertiary/aromatic N) is 1. The Kier molecular flexibility index (Phi) is 5.65. The van der Waals surface area contributed by atoms with E-state index in [2.05, 4.69) is 37.9 Å². The molecule has 0 unspecified atom stereocenters. The van der Waals surface area contributed by atoms with E-state index in [0.717, 1.165) is 16.8 Å². The molecule has 3 aromatic carbocycles. The number of aromatic hydroxyl groups is 1. The first-order chi connectivity index (χ1) is 15.3. The second kappa shape index (κ2) is 8.55. The first kappa shape index (κ1) is 21.1. The van der Waals surface area contributed by atoms with Gasteiger partial charge in [-0.1, -0.05) is 30.3 Å². The summed E-state index contributed by atoms with van der Waals surface area (Å²) in [5, 5.41) is 9.56. The fourth-order valence-electron chi connectivity index (χ4n) is 3.63. The zero-order valence-electron chi connectivity index (χ0n) is 18.2. The van der Waals surface area contributed by atoms with Gasteiger partial charge in [-0.3, -0.25) is 9.36 Å². The summed E-state index contributed by atoms with van der Waals surface area (Å²) < 4.78 is 1.51. The average Bonchev–Trinajstić information content (AvgIpc) is 3.17. The van der Waals surface area contributed by atoms with Crippen molar-refractivity contribution in [3.05, 3.63) is 111 Å². The molecule has 0 atom stereocenters. The van der Waals surface area contributed by atoms with E-state index >= 15 is 0 Å². The summed E-state index contributed by atoms with van der Waals surface area (Å²) in [6.45, 7) is 6.19. The maximum absolute atomic E-state index is 12.7. The lowest BCUT2D eigenvalue weighted by atomic mass is 9.99. The second-order valence-corrected chi connectivity index (χ2v) is 7.92. The van der Waals surface area contributed by atoms with Gasteiger partial charge >= 0.3 is 5.69 Å². The van der Waals surface area contributed by atoms with E-state index in [1.54, 1.807) is 60.8 Å². The molecular weight excluding hydrogens is 400 g/mol. The van der Waals surface area contributed by atoms with E-state index in [4.69, 9.17) is 0 Å². The number of phenolic OH excluding ortho intramolecular Hbond substituents is 1. The Bertz CT molecular complexity index is 1380. The number of aromatic nitrogens is 2. The summed E-state index contributed by atoms with van der Waals surface area (Å²) in [6.07, 6.45) is 4.87. The SMILES string of the molecule is Cc1cc(-c2cn(-c3cccc(C(=O)/C=C/c4cccc(O)c4)c3)c(=O)[nH]2)cc(C)c1C. The van der Waals surface area contributed by atoms with Crippen LogP contribution in [0.15, 0.2) is 77.7 Å². The maximum Gasteiger partial charge on any atom is 0.330 e. The molecule has 0 aliphatic rings. The molecule has 4 rings (SSSR count). The molecule has 0 saturated carbocycles. The number of ketones is 1. The van der Waals surface area contributed by atoms with Crippen molar-refractivity contribution in [2.75, 3.05) is 0 Å². The third kappa shape index (κ3) is 4.32. The molecule has 0 aliphatic carbocycles. The van der Waals surface area contributed by atoms with Crippen molar-refractivity contribution in [1.29, 1.82) is 0 Å². The van der Waals surface area contributed by atoms with Crippen LogP contribution in [-0.2, 0) is 0 Å². The molecule has 32 heavy (non-hydrogen) atoms. The van der Waals surface area contributed by atoms with Crippen molar-refractivity contribution in [2.24, 2.45) is 0 Å². The lowest BCUT2D eigenvalue weighted by molar-refractivity contribution is 0.104. The zero-order chi connectivity index (χ0) is 22.8. The van der Waals surface area contributed by atoms with Gasteiger partial charge in [0.1, 0.15) is 5.75 Å². The molecule has 0 bridgehead atoms. The molecule has 0 fully saturated rings. The molecule has 1 aromatic heterocycles. The van der Waals surface area contributed by atoms with Crippen LogP contribution in [0.2, 0.25) is 0 Å². The summed E-state index contributed by atoms with van der Waals surface area (Å²) >= 11 is 0. The molecule has 160 valence electrons. The van der Waals surface area contributed by atoms with Gasteiger partial charge in [0.25, 0.3) is 0 Å². The van der Waals surface area contributed by atoms with Gasteiger partial charge < -0.3 is 10.1 Å². The molecule has 0 spiro atoms. The van der Waals surface area contributed by atoms with Crippen molar-refractivity contribution in [3.8, 4) is 22.7 Å². The van der Waals surface area contributed by atoms with Gasteiger partial charge in [-0.05, 0) is 85.5 Å². The van der Waals surface area contributed by atoms with E-state index < -0.39 is 0 Å². The molecule has 4 aromatic rings. The minimum atomic E-state index is -0.268. The minimum absolute atomic E-state index is 0.142. The number of hydrogen-bond donors (Lipinski definition) is 2. The van der Waals surface area contributed by atoms with Crippen molar-refractivity contribution in [2.45, 2.75) is 20.8 Å². The lowest BCUT2D eigenvalue weighted by Crippen LogP contribution is -2.14. The lowest BCUT2D eigenvalue weighted by Gasteiger charge is -2.07. The van der Waals surface area contributed by atoms with E-state index in [0.29, 0.717) is 11.3 Å². The van der Waals surface area contributed by atoms with Crippen LogP contribution >= 0.6 is 0 Å². The highest BCUT2D eigenvalue weighted by molar-refractivity contribution is 6.07. The highest BCUT2D eigenvalue weighted by Gasteiger charge is 2.11. The topological polar surface area (TPSA) is 75.1 Å². The molecule has 2 N–H and O–H groups in total. The summed E-state index contributed by atoms with van der Waals surface area (Å²) in [4.78, 5) is 28.2. The van der Waals surface area contributed by atoms with Crippen LogP contribution in [-0.4, -0.2) is 20.4 Å². The van der Waals surface area contributed by atoms with Crippen molar-refractivity contribution in [1.82, 2.24) is 9.55 Å². The monoisotopic (exact) mass is 424 g/mol. The number of allylic oxidation sites excluding steroid dienone is 1. The number of carbonyl (C=O) groups is 1. The molecule has 0 saturated heterocycles. The van der Waals surface area contributed by atoms with Gasteiger partial charge in [-0.15, -0.1) is 0 Å². The normalized spacial score (nSPS) is 11.2. The predicted molar refractivity (Wildman–Crippen MR) is 128 cm³/mol. The summed E-state index contributed by atoms with van der Waals surface area (Å²) in [5.41, 5.74) is 6.77. The van der Waals surface area contributed by atoms with Crippen LogP contribution < -0.4 is 5.69 Å². The summed E-state index contributed by atoms with van der Waals surface area (Å²) in [6, 6.07) is 17.7. The largest absolute Gasteiger partial charge is 0.508 e. The first-order valence-corrected chi connectivity index (χ1v) is 10.3. The molecule has 0 amide bonds. The number of imidazole rings is 1. The van der Waals surface area contributed by atoms with Gasteiger partial charge in [0.05, 0.1) is 11.4 Å². The van der Waals surface area contributed by atoms with E-state index in [1.165, 1.54) is 27.3 Å². The van der Waals surface area contributed by atoms with Crippen LogP contribution in [0.1, 0.15) is 32.6 Å². The zero-order valence-corrected chi connectivity index (χ0v) is 18.2. The second-order valence-electron chi connectivity index (χ2n) is 7.92. The Morgan fingerprint density at radius 2 is 1.69 bits per heavy atom. The van der Waals surface area contributed by atoms with Crippen LogP contribution in [0.4, 0.5) is 0 Å².